The van der Waals surface area contributed by atoms with Crippen molar-refractivity contribution in [2.24, 2.45) is 0 Å². The van der Waals surface area contributed by atoms with E-state index in [9.17, 15) is 0 Å². The third kappa shape index (κ3) is 1.71. The molecule has 0 saturated carbocycles. The maximum Gasteiger partial charge on any atom is 0.130 e. The fourth-order valence-electron chi connectivity index (χ4n) is 2.17. The maximum atomic E-state index is 5.44. The predicted octanol–water partition coefficient (Wildman–Crippen LogP) is 3.21. The average Bonchev–Trinajstić information content (AvgIpc) is 2.33. The third-order valence-electron chi connectivity index (χ3n) is 3.26. The van der Waals surface area contributed by atoms with Crippen LogP contribution in [-0.2, 0) is 0 Å². The second kappa shape index (κ2) is 4.24. The molecule has 0 spiro atoms. The van der Waals surface area contributed by atoms with Crippen molar-refractivity contribution in [3.63, 3.8) is 0 Å². The number of methoxy groups -OCH3 is 1. The summed E-state index contributed by atoms with van der Waals surface area (Å²) in [6.45, 7) is 6.19. The molecule has 0 unspecified atom stereocenters. The van der Waals surface area contributed by atoms with Gasteiger partial charge in [0.15, 0.2) is 0 Å². The number of pyridine rings is 1. The molecule has 1 aromatic carbocycles. The van der Waals surface area contributed by atoms with Crippen LogP contribution in [0, 0.1) is 20.8 Å². The second-order valence-corrected chi connectivity index (χ2v) is 4.26. The quantitative estimate of drug-likeness (QED) is 0.860. The fraction of sp³-hybridized carbons (Fsp3) is 0.357. The third-order valence-corrected chi connectivity index (χ3v) is 3.26. The van der Waals surface area contributed by atoms with E-state index in [0.717, 1.165) is 28.0 Å². The highest BCUT2D eigenvalue weighted by Crippen LogP contribution is 2.36. The highest BCUT2D eigenvalue weighted by Gasteiger charge is 2.13. The summed E-state index contributed by atoms with van der Waals surface area (Å²) in [6, 6.07) is 4.04. The minimum absolute atomic E-state index is 0.866. The van der Waals surface area contributed by atoms with Gasteiger partial charge >= 0.3 is 0 Å². The zero-order valence-electron chi connectivity index (χ0n) is 11.0. The maximum absolute atomic E-state index is 5.44. The van der Waals surface area contributed by atoms with Gasteiger partial charge in [0.25, 0.3) is 0 Å². The molecule has 0 bridgehead atoms. The molecular formula is C14H18N2O. The number of hydrogen-bond donors (Lipinski definition) is 1. The molecule has 0 saturated heterocycles. The van der Waals surface area contributed by atoms with Crippen molar-refractivity contribution in [3.05, 3.63) is 29.0 Å². The number of nitrogens with one attached hydrogen (secondary N) is 1. The lowest BCUT2D eigenvalue weighted by molar-refractivity contribution is 0.420. The van der Waals surface area contributed by atoms with Gasteiger partial charge in [-0.3, -0.25) is 4.98 Å². The van der Waals surface area contributed by atoms with E-state index in [2.05, 4.69) is 24.1 Å². The van der Waals surface area contributed by atoms with Crippen LogP contribution in [0.3, 0.4) is 0 Å². The van der Waals surface area contributed by atoms with E-state index in [0.29, 0.717) is 0 Å². The van der Waals surface area contributed by atoms with E-state index in [-0.39, 0.29) is 0 Å². The Hall–Kier alpha value is -1.77. The normalized spacial score (nSPS) is 10.6. The molecule has 1 heterocycles. The average molecular weight is 230 g/mol. The Morgan fingerprint density at radius 3 is 2.47 bits per heavy atom. The van der Waals surface area contributed by atoms with Crippen molar-refractivity contribution >= 4 is 16.6 Å². The van der Waals surface area contributed by atoms with Gasteiger partial charge in [0.05, 0.1) is 23.7 Å². The summed E-state index contributed by atoms with van der Waals surface area (Å²) in [5.74, 6) is 0.866. The molecule has 1 aromatic heterocycles. The first kappa shape index (κ1) is 11.7. The van der Waals surface area contributed by atoms with E-state index >= 15 is 0 Å². The molecule has 0 aliphatic carbocycles. The van der Waals surface area contributed by atoms with Crippen LogP contribution in [-0.4, -0.2) is 19.1 Å². The van der Waals surface area contributed by atoms with E-state index in [1.807, 2.05) is 26.1 Å². The number of benzene rings is 1. The van der Waals surface area contributed by atoms with Gasteiger partial charge in [-0.15, -0.1) is 0 Å². The number of aryl methyl sites for hydroxylation is 2. The summed E-state index contributed by atoms with van der Waals surface area (Å²) in [5, 5.41) is 4.33. The first-order valence-electron chi connectivity index (χ1n) is 5.72. The van der Waals surface area contributed by atoms with E-state index in [1.54, 1.807) is 7.11 Å². The van der Waals surface area contributed by atoms with Gasteiger partial charge in [-0.05, 0) is 38.0 Å². The van der Waals surface area contributed by atoms with Crippen LogP contribution in [0.15, 0.2) is 12.1 Å². The summed E-state index contributed by atoms with van der Waals surface area (Å²) < 4.78 is 5.44. The molecule has 1 N–H and O–H groups in total. The summed E-state index contributed by atoms with van der Waals surface area (Å²) in [6.07, 6.45) is 0. The molecule has 0 radical (unpaired) electrons. The number of hydrogen-bond acceptors (Lipinski definition) is 3. The highest BCUT2D eigenvalue weighted by atomic mass is 16.5. The molecule has 0 aliphatic rings. The van der Waals surface area contributed by atoms with Crippen LogP contribution in [0.25, 0.3) is 10.9 Å². The molecule has 17 heavy (non-hydrogen) atoms. The van der Waals surface area contributed by atoms with Gasteiger partial charge in [-0.1, -0.05) is 6.07 Å². The van der Waals surface area contributed by atoms with E-state index in [4.69, 9.17) is 4.74 Å². The Bertz CT molecular complexity index is 576. The molecule has 2 aromatic rings. The van der Waals surface area contributed by atoms with Crippen LogP contribution in [0.4, 0.5) is 5.69 Å². The molecule has 0 fully saturated rings. The Kier molecular flexibility index (Phi) is 2.92. The number of fused-ring (bicyclic) bond motifs is 1. The topological polar surface area (TPSA) is 34.2 Å². The minimum atomic E-state index is 0.866. The smallest absolute Gasteiger partial charge is 0.130 e. The van der Waals surface area contributed by atoms with Gasteiger partial charge in [0.1, 0.15) is 5.75 Å². The lowest BCUT2D eigenvalue weighted by Gasteiger charge is -2.15. The van der Waals surface area contributed by atoms with Gasteiger partial charge < -0.3 is 10.1 Å². The number of aromatic nitrogens is 1. The first-order chi connectivity index (χ1) is 8.10. The number of nitrogens with zero attached hydrogens (tertiary/aromatic N) is 1. The van der Waals surface area contributed by atoms with Gasteiger partial charge in [-0.2, -0.15) is 0 Å². The summed E-state index contributed by atoms with van der Waals surface area (Å²) >= 11 is 0. The fourth-order valence-corrected chi connectivity index (χ4v) is 2.17. The highest BCUT2D eigenvalue weighted by molar-refractivity contribution is 5.99. The van der Waals surface area contributed by atoms with Crippen LogP contribution in [0.1, 0.15) is 16.8 Å². The Morgan fingerprint density at radius 2 is 1.88 bits per heavy atom. The van der Waals surface area contributed by atoms with Crippen LogP contribution in [0.5, 0.6) is 5.75 Å². The number of anilines is 1. The molecule has 90 valence electrons. The van der Waals surface area contributed by atoms with E-state index < -0.39 is 0 Å². The van der Waals surface area contributed by atoms with Gasteiger partial charge in [0, 0.05) is 12.7 Å². The monoisotopic (exact) mass is 230 g/mol. The zero-order chi connectivity index (χ0) is 12.6. The second-order valence-electron chi connectivity index (χ2n) is 4.26. The molecular weight excluding hydrogens is 212 g/mol. The zero-order valence-corrected chi connectivity index (χ0v) is 11.0. The van der Waals surface area contributed by atoms with Crippen molar-refractivity contribution < 1.29 is 4.74 Å². The first-order valence-corrected chi connectivity index (χ1v) is 5.72. The Labute approximate surface area is 102 Å². The molecule has 0 aliphatic heterocycles. The Balaban J connectivity index is 2.99. The lowest BCUT2D eigenvalue weighted by Crippen LogP contribution is -2.01. The van der Waals surface area contributed by atoms with E-state index in [1.165, 1.54) is 11.1 Å². The van der Waals surface area contributed by atoms with Crippen molar-refractivity contribution in [2.45, 2.75) is 20.8 Å². The van der Waals surface area contributed by atoms with Crippen molar-refractivity contribution in [1.82, 2.24) is 4.98 Å². The minimum Gasteiger partial charge on any atom is -0.496 e. The predicted molar refractivity (Wildman–Crippen MR) is 72.1 cm³/mol. The van der Waals surface area contributed by atoms with Crippen molar-refractivity contribution in [3.8, 4) is 5.75 Å². The molecule has 0 atom stereocenters. The Morgan fingerprint density at radius 1 is 1.18 bits per heavy atom. The SMILES string of the molecule is CNc1c(C)c(C)nc2c(C)ccc(OC)c12. The van der Waals surface area contributed by atoms with Crippen LogP contribution >= 0.6 is 0 Å². The number of ether oxygens (including phenoxy) is 1. The van der Waals surface area contributed by atoms with Crippen molar-refractivity contribution in [2.75, 3.05) is 19.5 Å². The molecule has 2 rings (SSSR count). The standard InChI is InChI=1S/C14H18N2O/c1-8-6-7-11(17-5)12-13(8)16-10(3)9(2)14(12)15-4/h6-7H,1-5H3,(H,15,16). The van der Waals surface area contributed by atoms with Crippen LogP contribution in [0.2, 0.25) is 0 Å². The molecule has 0 amide bonds. The summed E-state index contributed by atoms with van der Waals surface area (Å²) in [7, 11) is 3.63. The molecule has 3 heteroatoms. The van der Waals surface area contributed by atoms with Crippen LogP contribution < -0.4 is 10.1 Å². The number of rotatable bonds is 2. The van der Waals surface area contributed by atoms with Gasteiger partial charge in [-0.25, -0.2) is 0 Å². The molecule has 3 nitrogen and oxygen atoms in total. The van der Waals surface area contributed by atoms with Gasteiger partial charge in [0.2, 0.25) is 0 Å². The summed E-state index contributed by atoms with van der Waals surface area (Å²) in [5.41, 5.74) is 5.51. The largest absolute Gasteiger partial charge is 0.496 e. The lowest BCUT2D eigenvalue weighted by atomic mass is 10.0. The van der Waals surface area contributed by atoms with Crippen molar-refractivity contribution in [1.29, 1.82) is 0 Å². The summed E-state index contributed by atoms with van der Waals surface area (Å²) in [4.78, 5) is 4.67.